The van der Waals surface area contributed by atoms with E-state index < -0.39 is 21.3 Å². The molecule has 0 radical (unpaired) electrons. The Morgan fingerprint density at radius 2 is 1.96 bits per heavy atom. The normalized spacial score (nSPS) is 11.9. The molecule has 2 N–H and O–H groups in total. The summed E-state index contributed by atoms with van der Waals surface area (Å²) in [5.41, 5.74) is -0.866. The molecule has 0 aliphatic heterocycles. The van der Waals surface area contributed by atoms with E-state index in [1.165, 1.54) is 7.05 Å². The zero-order chi connectivity index (χ0) is 18.5. The number of aromatic amines is 1. The number of hydrogen-bond donors (Lipinski definition) is 2. The lowest BCUT2D eigenvalue weighted by Gasteiger charge is -2.07. The van der Waals surface area contributed by atoms with E-state index in [2.05, 4.69) is 19.8 Å². The highest BCUT2D eigenvalue weighted by Gasteiger charge is 2.20. The number of aryl methyl sites for hydroxylation is 1. The number of pyridine rings is 1. The largest absolute Gasteiger partial charge is 0.354 e. The molecular formula is C15H11N5O5S. The van der Waals surface area contributed by atoms with Gasteiger partial charge in [0.05, 0.1) is 10.8 Å². The minimum absolute atomic E-state index is 0.0232. The molecule has 0 aliphatic carbocycles. The summed E-state index contributed by atoms with van der Waals surface area (Å²) in [6, 6.07) is 7.90. The Morgan fingerprint density at radius 3 is 2.77 bits per heavy atom. The number of fused-ring (bicyclic) bond motifs is 2. The fraction of sp³-hybridized carbons (Fsp3) is 0.0667. The molecule has 0 saturated carbocycles. The third-order valence-electron chi connectivity index (χ3n) is 3.85. The Kier molecular flexibility index (Phi) is 3.40. The minimum atomic E-state index is -4.08. The molecule has 0 aliphatic rings. The highest BCUT2D eigenvalue weighted by molar-refractivity contribution is 7.92. The summed E-state index contributed by atoms with van der Waals surface area (Å²) in [4.78, 5) is 29.4. The van der Waals surface area contributed by atoms with Crippen molar-refractivity contribution in [3.8, 4) is 0 Å². The molecule has 26 heavy (non-hydrogen) atoms. The number of hydrogen-bond acceptors (Lipinski definition) is 7. The maximum Gasteiger partial charge on any atom is 0.329 e. The van der Waals surface area contributed by atoms with E-state index in [0.29, 0.717) is 11.0 Å². The lowest BCUT2D eigenvalue weighted by molar-refractivity contribution is 0.460. The molecule has 0 amide bonds. The van der Waals surface area contributed by atoms with Crippen LogP contribution in [0.2, 0.25) is 0 Å². The molecule has 4 rings (SSSR count). The van der Waals surface area contributed by atoms with Crippen molar-refractivity contribution in [2.45, 2.75) is 4.90 Å². The van der Waals surface area contributed by atoms with Gasteiger partial charge >= 0.3 is 5.69 Å². The van der Waals surface area contributed by atoms with Crippen LogP contribution >= 0.6 is 0 Å². The van der Waals surface area contributed by atoms with Gasteiger partial charge in [-0.3, -0.25) is 19.1 Å². The Labute approximate surface area is 145 Å². The molecule has 132 valence electrons. The van der Waals surface area contributed by atoms with Crippen LogP contribution in [0.25, 0.3) is 22.0 Å². The van der Waals surface area contributed by atoms with E-state index in [1.807, 2.05) is 0 Å². The maximum atomic E-state index is 12.6. The van der Waals surface area contributed by atoms with Crippen LogP contribution in [-0.4, -0.2) is 28.1 Å². The second kappa shape index (κ2) is 5.52. The van der Waals surface area contributed by atoms with Crippen LogP contribution in [-0.2, 0) is 17.1 Å². The fourth-order valence-electron chi connectivity index (χ4n) is 2.51. The Morgan fingerprint density at radius 1 is 1.19 bits per heavy atom. The number of nitrogens with zero attached hydrogens (tertiary/aromatic N) is 3. The van der Waals surface area contributed by atoms with E-state index in [0.717, 1.165) is 16.8 Å². The van der Waals surface area contributed by atoms with Gasteiger partial charge in [0.1, 0.15) is 10.5 Å². The van der Waals surface area contributed by atoms with Crippen LogP contribution < -0.4 is 16.0 Å². The summed E-state index contributed by atoms with van der Waals surface area (Å²) < 4.78 is 33.8. The van der Waals surface area contributed by atoms with Crippen LogP contribution in [0.15, 0.2) is 55.5 Å². The molecular weight excluding hydrogens is 362 g/mol. The summed E-state index contributed by atoms with van der Waals surface area (Å²) >= 11 is 0. The third kappa shape index (κ3) is 2.45. The molecule has 0 atom stereocenters. The van der Waals surface area contributed by atoms with Crippen molar-refractivity contribution in [2.75, 3.05) is 4.72 Å². The van der Waals surface area contributed by atoms with Crippen LogP contribution in [0.5, 0.6) is 0 Å². The predicted octanol–water partition coefficient (Wildman–Crippen LogP) is 0.564. The SMILES string of the molecule is Cn1c(=O)[nH]c(=O)c2cc(S(=O)(=O)Nc3noc4ccccc34)cnc21. The number of sulfonamides is 1. The Hall–Kier alpha value is -3.47. The van der Waals surface area contributed by atoms with E-state index in [1.54, 1.807) is 24.3 Å². The van der Waals surface area contributed by atoms with Crippen LogP contribution in [0.1, 0.15) is 0 Å². The van der Waals surface area contributed by atoms with Crippen LogP contribution in [0, 0.1) is 0 Å². The standard InChI is InChI=1S/C15H11N5O5S/c1-20-13-10(14(21)17-15(20)22)6-8(7-16-13)26(23,24)19-12-9-4-2-3-5-11(9)25-18-12/h2-7H,1H3,(H,18,19)(H,17,21,22). The molecule has 4 aromatic rings. The van der Waals surface area contributed by atoms with Gasteiger partial charge in [-0.05, 0) is 18.2 Å². The maximum absolute atomic E-state index is 12.6. The lowest BCUT2D eigenvalue weighted by atomic mass is 10.2. The summed E-state index contributed by atoms with van der Waals surface area (Å²) in [6.07, 6.45) is 1.06. The second-order valence-electron chi connectivity index (χ2n) is 5.49. The number of anilines is 1. The van der Waals surface area contributed by atoms with Crippen molar-refractivity contribution in [3.05, 3.63) is 57.4 Å². The van der Waals surface area contributed by atoms with E-state index >= 15 is 0 Å². The molecule has 0 saturated heterocycles. The van der Waals surface area contributed by atoms with Crippen molar-refractivity contribution < 1.29 is 12.9 Å². The first-order chi connectivity index (χ1) is 12.4. The van der Waals surface area contributed by atoms with Crippen molar-refractivity contribution in [1.82, 2.24) is 19.7 Å². The van der Waals surface area contributed by atoms with E-state index in [9.17, 15) is 18.0 Å². The van der Waals surface area contributed by atoms with Gasteiger partial charge in [0.2, 0.25) is 0 Å². The van der Waals surface area contributed by atoms with Gasteiger partial charge in [-0.25, -0.2) is 18.2 Å². The van der Waals surface area contributed by atoms with Crippen molar-refractivity contribution >= 4 is 37.8 Å². The molecule has 0 fully saturated rings. The minimum Gasteiger partial charge on any atom is -0.354 e. The predicted molar refractivity (Wildman–Crippen MR) is 92.4 cm³/mol. The van der Waals surface area contributed by atoms with Crippen molar-refractivity contribution in [1.29, 1.82) is 0 Å². The molecule has 0 spiro atoms. The van der Waals surface area contributed by atoms with Gasteiger partial charge in [-0.2, -0.15) is 0 Å². The summed E-state index contributed by atoms with van der Waals surface area (Å²) in [6.45, 7) is 0. The second-order valence-corrected chi connectivity index (χ2v) is 7.18. The molecule has 0 unspecified atom stereocenters. The summed E-state index contributed by atoms with van der Waals surface area (Å²) in [7, 11) is -2.66. The zero-order valence-electron chi connectivity index (χ0n) is 13.3. The first-order valence-electron chi connectivity index (χ1n) is 7.33. The number of para-hydroxylation sites is 1. The topological polar surface area (TPSA) is 140 Å². The monoisotopic (exact) mass is 373 g/mol. The number of nitrogens with one attached hydrogen (secondary N) is 2. The molecule has 3 heterocycles. The first-order valence-corrected chi connectivity index (χ1v) is 8.81. The third-order valence-corrected chi connectivity index (χ3v) is 5.15. The molecule has 11 heteroatoms. The molecule has 0 bridgehead atoms. The molecule has 3 aromatic heterocycles. The number of aromatic nitrogens is 4. The van der Waals surface area contributed by atoms with E-state index in [4.69, 9.17) is 4.52 Å². The quantitative estimate of drug-likeness (QED) is 0.535. The highest BCUT2D eigenvalue weighted by Crippen LogP contribution is 2.24. The van der Waals surface area contributed by atoms with Crippen molar-refractivity contribution in [3.63, 3.8) is 0 Å². The number of rotatable bonds is 3. The van der Waals surface area contributed by atoms with Gasteiger partial charge in [0, 0.05) is 13.2 Å². The average molecular weight is 373 g/mol. The smallest absolute Gasteiger partial charge is 0.329 e. The van der Waals surface area contributed by atoms with E-state index in [-0.39, 0.29) is 21.7 Å². The van der Waals surface area contributed by atoms with Gasteiger partial charge in [0.15, 0.2) is 11.4 Å². The Balaban J connectivity index is 1.83. The summed E-state index contributed by atoms with van der Waals surface area (Å²) in [5.74, 6) is 0.0232. The Bertz CT molecular complexity index is 1380. The van der Waals surface area contributed by atoms with Crippen LogP contribution in [0.3, 0.4) is 0 Å². The van der Waals surface area contributed by atoms with Gasteiger partial charge in [0.25, 0.3) is 15.6 Å². The average Bonchev–Trinajstić information content (AvgIpc) is 3.02. The van der Waals surface area contributed by atoms with Gasteiger partial charge in [-0.15, -0.1) is 0 Å². The number of H-pyrrole nitrogens is 1. The number of benzene rings is 1. The zero-order valence-corrected chi connectivity index (χ0v) is 14.1. The fourth-order valence-corrected chi connectivity index (χ4v) is 3.49. The molecule has 10 nitrogen and oxygen atoms in total. The molecule has 1 aromatic carbocycles. The highest BCUT2D eigenvalue weighted by atomic mass is 32.2. The van der Waals surface area contributed by atoms with Crippen LogP contribution in [0.4, 0.5) is 5.82 Å². The van der Waals surface area contributed by atoms with Gasteiger partial charge in [-0.1, -0.05) is 17.3 Å². The van der Waals surface area contributed by atoms with Gasteiger partial charge < -0.3 is 4.52 Å². The first kappa shape index (κ1) is 16.0. The lowest BCUT2D eigenvalue weighted by Crippen LogP contribution is -2.29. The van der Waals surface area contributed by atoms with Crippen molar-refractivity contribution in [2.24, 2.45) is 7.05 Å². The summed E-state index contributed by atoms with van der Waals surface area (Å²) in [5, 5.41) is 4.18.